The fourth-order valence-electron chi connectivity index (χ4n) is 3.65. The molecule has 3 aromatic rings. The molecule has 31 heavy (non-hydrogen) atoms. The molecule has 1 aliphatic rings. The molecule has 1 aliphatic heterocycles. The highest BCUT2D eigenvalue weighted by molar-refractivity contribution is 5.97. The van der Waals surface area contributed by atoms with Crippen LogP contribution in [0.3, 0.4) is 0 Å². The molecule has 0 unspecified atom stereocenters. The third kappa shape index (κ3) is 3.72. The molecular weight excluding hydrogens is 401 g/mol. The first-order valence-electron chi connectivity index (χ1n) is 9.66. The molecule has 1 aromatic carbocycles. The number of rotatable bonds is 4. The SMILES string of the molecule is COC(=O)c1ccnc(C(=O)N[C@]2(c3ccc(C)c(F)c3)CCOc3cccnc32)c1. The van der Waals surface area contributed by atoms with E-state index < -0.39 is 17.4 Å². The van der Waals surface area contributed by atoms with Gasteiger partial charge in [-0.05, 0) is 48.4 Å². The summed E-state index contributed by atoms with van der Waals surface area (Å²) >= 11 is 0. The Labute approximate surface area is 178 Å². The smallest absolute Gasteiger partial charge is 0.337 e. The van der Waals surface area contributed by atoms with E-state index in [2.05, 4.69) is 15.3 Å². The Kier molecular flexibility index (Phi) is 5.37. The molecule has 1 atom stereocenters. The molecule has 0 bridgehead atoms. The summed E-state index contributed by atoms with van der Waals surface area (Å²) in [6.07, 6.45) is 3.28. The second-order valence-electron chi connectivity index (χ2n) is 7.19. The number of hydrogen-bond acceptors (Lipinski definition) is 6. The maximum absolute atomic E-state index is 14.5. The number of benzene rings is 1. The van der Waals surface area contributed by atoms with Crippen molar-refractivity contribution in [3.8, 4) is 5.75 Å². The zero-order valence-electron chi connectivity index (χ0n) is 17.0. The van der Waals surface area contributed by atoms with Gasteiger partial charge in [-0.15, -0.1) is 0 Å². The number of nitrogens with zero attached hydrogens (tertiary/aromatic N) is 2. The second kappa shape index (κ2) is 8.14. The van der Waals surface area contributed by atoms with Crippen LogP contribution in [0.2, 0.25) is 0 Å². The summed E-state index contributed by atoms with van der Waals surface area (Å²) in [5.41, 5.74) is 0.593. The number of carbonyl (C=O) groups is 2. The summed E-state index contributed by atoms with van der Waals surface area (Å²) in [6, 6.07) is 11.1. The first-order valence-corrected chi connectivity index (χ1v) is 9.66. The van der Waals surface area contributed by atoms with Crippen LogP contribution in [0.1, 0.15) is 44.1 Å². The minimum absolute atomic E-state index is 0.0267. The lowest BCUT2D eigenvalue weighted by Crippen LogP contribution is -2.50. The zero-order valence-corrected chi connectivity index (χ0v) is 17.0. The highest BCUT2D eigenvalue weighted by Gasteiger charge is 2.43. The first-order chi connectivity index (χ1) is 14.9. The van der Waals surface area contributed by atoms with E-state index in [1.165, 1.54) is 31.5 Å². The Balaban J connectivity index is 1.81. The number of fused-ring (bicyclic) bond motifs is 1. The third-order valence-electron chi connectivity index (χ3n) is 5.31. The van der Waals surface area contributed by atoms with Gasteiger partial charge in [0.2, 0.25) is 0 Å². The van der Waals surface area contributed by atoms with E-state index in [0.717, 1.165) is 0 Å². The van der Waals surface area contributed by atoms with Crippen LogP contribution in [0, 0.1) is 12.7 Å². The zero-order chi connectivity index (χ0) is 22.0. The number of aryl methyl sites for hydroxylation is 1. The summed E-state index contributed by atoms with van der Waals surface area (Å²) in [6.45, 7) is 1.97. The first kappa shape index (κ1) is 20.5. The molecule has 158 valence electrons. The molecule has 0 aliphatic carbocycles. The predicted molar refractivity (Wildman–Crippen MR) is 109 cm³/mol. The van der Waals surface area contributed by atoms with Crippen molar-refractivity contribution in [1.82, 2.24) is 15.3 Å². The van der Waals surface area contributed by atoms with Gasteiger partial charge in [-0.1, -0.05) is 12.1 Å². The summed E-state index contributed by atoms with van der Waals surface area (Å²) < 4.78 is 24.9. The summed E-state index contributed by atoms with van der Waals surface area (Å²) in [4.78, 5) is 33.6. The summed E-state index contributed by atoms with van der Waals surface area (Å²) in [5, 5.41) is 2.99. The Morgan fingerprint density at radius 1 is 1.16 bits per heavy atom. The quantitative estimate of drug-likeness (QED) is 0.651. The van der Waals surface area contributed by atoms with Gasteiger partial charge in [-0.3, -0.25) is 14.8 Å². The van der Waals surface area contributed by atoms with Crippen molar-refractivity contribution >= 4 is 11.9 Å². The molecule has 7 nitrogen and oxygen atoms in total. The van der Waals surface area contributed by atoms with Gasteiger partial charge in [-0.25, -0.2) is 9.18 Å². The predicted octanol–water partition coefficient (Wildman–Crippen LogP) is 3.17. The van der Waals surface area contributed by atoms with E-state index in [-0.39, 0.29) is 17.1 Å². The highest BCUT2D eigenvalue weighted by atomic mass is 19.1. The van der Waals surface area contributed by atoms with Crippen molar-refractivity contribution in [2.75, 3.05) is 13.7 Å². The molecule has 0 saturated carbocycles. The Morgan fingerprint density at radius 2 is 2.00 bits per heavy atom. The minimum Gasteiger partial charge on any atom is -0.491 e. The molecule has 1 N–H and O–H groups in total. The van der Waals surface area contributed by atoms with Crippen LogP contribution in [0.4, 0.5) is 4.39 Å². The Hall–Kier alpha value is -3.81. The number of carbonyl (C=O) groups excluding carboxylic acids is 2. The number of ether oxygens (including phenoxy) is 2. The van der Waals surface area contributed by atoms with Gasteiger partial charge >= 0.3 is 5.97 Å². The molecule has 2 aromatic heterocycles. The molecule has 4 rings (SSSR count). The van der Waals surface area contributed by atoms with Crippen molar-refractivity contribution < 1.29 is 23.5 Å². The molecule has 1 amide bonds. The number of pyridine rings is 2. The van der Waals surface area contributed by atoms with Crippen LogP contribution < -0.4 is 10.1 Å². The van der Waals surface area contributed by atoms with Crippen LogP contribution in [0.5, 0.6) is 5.75 Å². The van der Waals surface area contributed by atoms with Crippen LogP contribution in [0.25, 0.3) is 0 Å². The van der Waals surface area contributed by atoms with Crippen LogP contribution >= 0.6 is 0 Å². The van der Waals surface area contributed by atoms with Gasteiger partial charge in [0.15, 0.2) is 0 Å². The second-order valence-corrected chi connectivity index (χ2v) is 7.19. The molecule has 8 heteroatoms. The lowest BCUT2D eigenvalue weighted by Gasteiger charge is -2.39. The van der Waals surface area contributed by atoms with Crippen LogP contribution in [0.15, 0.2) is 54.9 Å². The van der Waals surface area contributed by atoms with Gasteiger partial charge < -0.3 is 14.8 Å². The number of nitrogens with one attached hydrogen (secondary N) is 1. The normalized spacial score (nSPS) is 17.3. The van der Waals surface area contributed by atoms with E-state index in [1.54, 1.807) is 37.4 Å². The van der Waals surface area contributed by atoms with E-state index in [1.807, 2.05) is 0 Å². The average molecular weight is 421 g/mol. The topological polar surface area (TPSA) is 90.4 Å². The van der Waals surface area contributed by atoms with Gasteiger partial charge in [0, 0.05) is 18.8 Å². The van der Waals surface area contributed by atoms with E-state index in [4.69, 9.17) is 9.47 Å². The number of hydrogen-bond donors (Lipinski definition) is 1. The Bertz CT molecular complexity index is 1170. The van der Waals surface area contributed by atoms with E-state index in [0.29, 0.717) is 35.6 Å². The number of aromatic nitrogens is 2. The largest absolute Gasteiger partial charge is 0.491 e. The number of methoxy groups -OCH3 is 1. The van der Waals surface area contributed by atoms with Crippen molar-refractivity contribution in [2.45, 2.75) is 18.9 Å². The van der Waals surface area contributed by atoms with E-state index in [9.17, 15) is 14.0 Å². The number of amides is 1. The van der Waals surface area contributed by atoms with Gasteiger partial charge in [0.1, 0.15) is 28.5 Å². The molecule has 3 heterocycles. The highest BCUT2D eigenvalue weighted by Crippen LogP contribution is 2.41. The summed E-state index contributed by atoms with van der Waals surface area (Å²) in [7, 11) is 1.26. The van der Waals surface area contributed by atoms with E-state index >= 15 is 0 Å². The fourth-order valence-corrected chi connectivity index (χ4v) is 3.65. The molecule has 0 saturated heterocycles. The van der Waals surface area contributed by atoms with Crippen molar-refractivity contribution in [3.05, 3.63) is 88.8 Å². The average Bonchev–Trinajstić information content (AvgIpc) is 2.80. The van der Waals surface area contributed by atoms with Crippen LogP contribution in [-0.2, 0) is 10.3 Å². The number of halogens is 1. The molecule has 0 radical (unpaired) electrons. The lowest BCUT2D eigenvalue weighted by atomic mass is 9.81. The van der Waals surface area contributed by atoms with Crippen molar-refractivity contribution in [1.29, 1.82) is 0 Å². The lowest BCUT2D eigenvalue weighted by molar-refractivity contribution is 0.0600. The van der Waals surface area contributed by atoms with Gasteiger partial charge in [-0.2, -0.15) is 0 Å². The number of esters is 1. The minimum atomic E-state index is -1.14. The molecule has 0 fully saturated rings. The summed E-state index contributed by atoms with van der Waals surface area (Å²) in [5.74, 6) is -0.998. The van der Waals surface area contributed by atoms with Crippen LogP contribution in [-0.4, -0.2) is 35.6 Å². The van der Waals surface area contributed by atoms with Gasteiger partial charge in [0.05, 0.1) is 19.3 Å². The standard InChI is InChI=1S/C23H20FN3O4/c1-14-5-6-16(13-17(14)24)23(8-11-31-19-4-3-9-26-20(19)23)27-21(28)18-12-15(7-10-25-18)22(29)30-2/h3-7,9-10,12-13H,8,11H2,1-2H3,(H,27,28)/t23-/m0/s1. The maximum Gasteiger partial charge on any atom is 0.337 e. The molecule has 0 spiro atoms. The van der Waals surface area contributed by atoms with Gasteiger partial charge in [0.25, 0.3) is 5.91 Å². The monoisotopic (exact) mass is 421 g/mol. The third-order valence-corrected chi connectivity index (χ3v) is 5.31. The van der Waals surface area contributed by atoms with Crippen molar-refractivity contribution in [2.24, 2.45) is 0 Å². The Morgan fingerprint density at radius 3 is 2.77 bits per heavy atom. The van der Waals surface area contributed by atoms with Crippen molar-refractivity contribution in [3.63, 3.8) is 0 Å². The fraction of sp³-hybridized carbons (Fsp3) is 0.217. The molecular formula is C23H20FN3O4. The maximum atomic E-state index is 14.5.